The summed E-state index contributed by atoms with van der Waals surface area (Å²) >= 11 is 1.04. The summed E-state index contributed by atoms with van der Waals surface area (Å²) in [6, 6.07) is 0. The Hall–Kier alpha value is -1.24. The van der Waals surface area contributed by atoms with Gasteiger partial charge in [0, 0.05) is 25.0 Å². The van der Waals surface area contributed by atoms with Crippen LogP contribution in [0.1, 0.15) is 13.8 Å². The summed E-state index contributed by atoms with van der Waals surface area (Å²) in [5, 5.41) is 23.4. The van der Waals surface area contributed by atoms with Gasteiger partial charge in [0.2, 0.25) is 0 Å². The lowest BCUT2D eigenvalue weighted by atomic mass is 9.98. The molecule has 5 atom stereocenters. The fourth-order valence-corrected chi connectivity index (χ4v) is 4.67. The van der Waals surface area contributed by atoms with E-state index in [9.17, 15) is 24.4 Å². The van der Waals surface area contributed by atoms with Crippen LogP contribution in [0.15, 0.2) is 24.7 Å². The van der Waals surface area contributed by atoms with Crippen LogP contribution in [-0.4, -0.2) is 87.9 Å². The summed E-state index contributed by atoms with van der Waals surface area (Å²) in [6.45, 7) is 6.29. The average Bonchev–Trinajstić information content (AvgIpc) is 2.88. The molecule has 0 spiro atoms. The molecule has 0 aromatic carbocycles. The van der Waals surface area contributed by atoms with Gasteiger partial charge in [-0.1, -0.05) is 18.3 Å². The lowest BCUT2D eigenvalue weighted by Gasteiger charge is -2.34. The van der Waals surface area contributed by atoms with E-state index < -0.39 is 31.8 Å². The van der Waals surface area contributed by atoms with E-state index >= 15 is 0 Å². The van der Waals surface area contributed by atoms with Gasteiger partial charge in [-0.25, -0.2) is 9.24 Å². The molecule has 0 aromatic rings. The molecule has 0 bridgehead atoms. The smallest absolute Gasteiger partial charge is 0.387 e. The molecule has 30 heavy (non-hydrogen) atoms. The highest BCUT2D eigenvalue weighted by Gasteiger charge is 2.54. The Labute approximate surface area is 179 Å². The number of carbonyl (C=O) groups excluding carboxylic acids is 2. The molecular formula is C17H28N3O8PS. The van der Waals surface area contributed by atoms with Crippen molar-refractivity contribution in [3.05, 3.63) is 24.7 Å². The van der Waals surface area contributed by atoms with Crippen LogP contribution in [0.5, 0.6) is 0 Å². The Morgan fingerprint density at radius 2 is 2.13 bits per heavy atom. The lowest BCUT2D eigenvalue weighted by molar-refractivity contribution is -0.128. The number of ether oxygens (including phenoxy) is 1. The summed E-state index contributed by atoms with van der Waals surface area (Å²) in [5.74, 6) is 0.111. The zero-order chi connectivity index (χ0) is 22.7. The van der Waals surface area contributed by atoms with E-state index in [4.69, 9.17) is 13.8 Å². The van der Waals surface area contributed by atoms with E-state index in [-0.39, 0.29) is 30.1 Å². The van der Waals surface area contributed by atoms with Crippen LogP contribution in [0.4, 0.5) is 0 Å². The molecule has 2 heterocycles. The predicted molar refractivity (Wildman–Crippen MR) is 110 cm³/mol. The Bertz CT molecular complexity index is 763. The normalized spacial score (nSPS) is 31.2. The van der Waals surface area contributed by atoms with Gasteiger partial charge in [0.25, 0.3) is 5.91 Å². The van der Waals surface area contributed by atoms with Crippen molar-refractivity contribution >= 4 is 30.5 Å². The molecule has 1 fully saturated rings. The number of nitrogens with zero attached hydrogens (tertiary/aromatic N) is 2. The Kier molecular flexibility index (Phi) is 8.28. The van der Waals surface area contributed by atoms with Gasteiger partial charge in [-0.15, -0.1) is 0 Å². The molecule has 3 N–H and O–H groups in total. The third kappa shape index (κ3) is 5.71. The minimum Gasteiger partial charge on any atom is -0.387 e. The van der Waals surface area contributed by atoms with Crippen molar-refractivity contribution < 1.29 is 38.2 Å². The van der Waals surface area contributed by atoms with Gasteiger partial charge in [-0.3, -0.25) is 18.6 Å². The number of rotatable bonds is 9. The highest BCUT2D eigenvalue weighted by Crippen LogP contribution is 2.51. The van der Waals surface area contributed by atoms with E-state index in [0.29, 0.717) is 5.75 Å². The van der Waals surface area contributed by atoms with Crippen LogP contribution >= 0.6 is 19.5 Å². The third-order valence-electron chi connectivity index (χ3n) is 4.52. The molecule has 1 amide bonds. The first-order chi connectivity index (χ1) is 13.9. The molecule has 2 unspecified atom stereocenters. The maximum atomic E-state index is 13.0. The number of hydrogen-bond donors (Lipinski definition) is 3. The molecule has 13 heteroatoms. The number of amides is 1. The zero-order valence-electron chi connectivity index (χ0n) is 17.3. The fourth-order valence-electron chi connectivity index (χ4n) is 2.81. The average molecular weight is 465 g/mol. The summed E-state index contributed by atoms with van der Waals surface area (Å²) < 4.78 is 31.0. The Morgan fingerprint density at radius 1 is 1.47 bits per heavy atom. The number of hydrogen-bond acceptors (Lipinski definition) is 10. The number of nitrogens with one attached hydrogen (secondary N) is 1. The van der Waals surface area contributed by atoms with Gasteiger partial charge in [-0.2, -0.15) is 0 Å². The molecule has 1 saturated heterocycles. The van der Waals surface area contributed by atoms with Crippen LogP contribution < -0.4 is 5.32 Å². The summed E-state index contributed by atoms with van der Waals surface area (Å²) in [4.78, 5) is 23.8. The highest BCUT2D eigenvalue weighted by atomic mass is 32.2. The monoisotopic (exact) mass is 465 g/mol. The van der Waals surface area contributed by atoms with E-state index in [2.05, 4.69) is 11.9 Å². The second-order valence-corrected chi connectivity index (χ2v) is 10.7. The van der Waals surface area contributed by atoms with Crippen molar-refractivity contribution in [2.24, 2.45) is 0 Å². The number of carbonyl (C=O) groups is 2. The van der Waals surface area contributed by atoms with Gasteiger partial charge in [-0.05, 0) is 21.0 Å². The minimum atomic E-state index is -3.73. The third-order valence-corrected chi connectivity index (χ3v) is 7.24. The minimum absolute atomic E-state index is 0.0170. The quantitative estimate of drug-likeness (QED) is 0.318. The van der Waals surface area contributed by atoms with Gasteiger partial charge < -0.3 is 25.2 Å². The van der Waals surface area contributed by atoms with Crippen molar-refractivity contribution in [3.63, 3.8) is 0 Å². The van der Waals surface area contributed by atoms with Gasteiger partial charge >= 0.3 is 7.75 Å². The van der Waals surface area contributed by atoms with Crippen molar-refractivity contribution in [1.82, 2.24) is 14.9 Å². The number of aliphatic hydroxyl groups excluding tert-OH is 2. The first-order valence-corrected chi connectivity index (χ1v) is 11.6. The first-order valence-electron chi connectivity index (χ1n) is 9.10. The largest absolute Gasteiger partial charge is 0.407 e. The second kappa shape index (κ2) is 9.92. The topological polar surface area (TPSA) is 138 Å². The Morgan fingerprint density at radius 3 is 2.70 bits per heavy atom. The highest BCUT2D eigenvalue weighted by molar-refractivity contribution is 8.13. The molecule has 2 aliphatic heterocycles. The molecule has 0 radical (unpaired) electrons. The fraction of sp³-hybridized carbons (Fsp3) is 0.647. The molecule has 170 valence electrons. The van der Waals surface area contributed by atoms with Crippen molar-refractivity contribution in [2.45, 2.75) is 37.9 Å². The second-order valence-electron chi connectivity index (χ2n) is 7.18. The van der Waals surface area contributed by atoms with Crippen LogP contribution in [0.25, 0.3) is 0 Å². The van der Waals surface area contributed by atoms with Gasteiger partial charge in [0.15, 0.2) is 11.3 Å². The molecular weight excluding hydrogens is 437 g/mol. The van der Waals surface area contributed by atoms with Crippen LogP contribution in [0.2, 0.25) is 0 Å². The molecule has 11 nitrogen and oxygen atoms in total. The Balaban J connectivity index is 2.05. The number of thioether (sulfide) groups is 1. The standard InChI is InChI=1S/C17H28N3O8PS/c1-11-18-13(22)6-7-20(11)16-14(23)15(24)17(3,28-16)10-27-29(25,19(4)5)26-8-9-30-12(2)21/h6-7,14-16,23-24H,1,8-10H2,2-5H3,(H,18,22)/t14?,15-,16-,17-,29?/m1/s1. The van der Waals surface area contributed by atoms with E-state index in [1.165, 1.54) is 49.8 Å². The molecule has 0 saturated carbocycles. The summed E-state index contributed by atoms with van der Waals surface area (Å²) in [5.41, 5.74) is -1.43. The lowest BCUT2D eigenvalue weighted by Crippen LogP contribution is -2.46. The molecule has 2 aliphatic rings. The summed E-state index contributed by atoms with van der Waals surface area (Å²) in [7, 11) is -0.711. The van der Waals surface area contributed by atoms with E-state index in [0.717, 1.165) is 11.8 Å². The van der Waals surface area contributed by atoms with Crippen molar-refractivity contribution in [3.8, 4) is 0 Å². The van der Waals surface area contributed by atoms with Crippen LogP contribution in [0, 0.1) is 0 Å². The number of aliphatic hydroxyl groups is 2. The van der Waals surface area contributed by atoms with Crippen molar-refractivity contribution in [2.75, 3.05) is 33.1 Å². The molecule has 0 aliphatic carbocycles. The van der Waals surface area contributed by atoms with E-state index in [1.807, 2.05) is 0 Å². The first kappa shape index (κ1) is 25.0. The predicted octanol–water partition coefficient (Wildman–Crippen LogP) is 0.222. The maximum absolute atomic E-state index is 13.0. The van der Waals surface area contributed by atoms with Gasteiger partial charge in [0.05, 0.1) is 13.2 Å². The van der Waals surface area contributed by atoms with Crippen LogP contribution in [-0.2, 0) is 27.9 Å². The maximum Gasteiger partial charge on any atom is 0.407 e. The molecule has 0 aromatic heterocycles. The van der Waals surface area contributed by atoms with E-state index in [1.54, 1.807) is 0 Å². The molecule has 2 rings (SSSR count). The van der Waals surface area contributed by atoms with Crippen molar-refractivity contribution in [1.29, 1.82) is 0 Å². The zero-order valence-corrected chi connectivity index (χ0v) is 19.0. The summed E-state index contributed by atoms with van der Waals surface area (Å²) in [6.07, 6.45) is -1.18. The van der Waals surface area contributed by atoms with Crippen LogP contribution in [0.3, 0.4) is 0 Å². The SMILES string of the molecule is C=C1NC(=O)C=CN1[C@@H]1O[C@](C)(COP(=O)(OCCSC(C)=O)N(C)C)[C@H](O)C1O. The van der Waals surface area contributed by atoms with Gasteiger partial charge in [0.1, 0.15) is 23.6 Å².